The van der Waals surface area contributed by atoms with Crippen LogP contribution in [0.25, 0.3) is 0 Å². The number of aromatic nitrogens is 1. The minimum absolute atomic E-state index is 0.0954. The van der Waals surface area contributed by atoms with Crippen molar-refractivity contribution < 1.29 is 13.2 Å². The third kappa shape index (κ3) is 4.83. The maximum absolute atomic E-state index is 11.3. The van der Waals surface area contributed by atoms with Crippen LogP contribution in [0.15, 0.2) is 34.7 Å². The highest BCUT2D eigenvalue weighted by molar-refractivity contribution is 7.91. The van der Waals surface area contributed by atoms with Crippen LogP contribution in [0.2, 0.25) is 5.02 Å². The molecule has 0 saturated carbocycles. The first-order valence-corrected chi connectivity index (χ1v) is 10.5. The van der Waals surface area contributed by atoms with Crippen LogP contribution in [-0.2, 0) is 10.0 Å². The van der Waals surface area contributed by atoms with Crippen LogP contribution in [-0.4, -0.2) is 57.6 Å². The molecule has 136 valence electrons. The van der Waals surface area contributed by atoms with Crippen LogP contribution in [0.1, 0.15) is 0 Å². The van der Waals surface area contributed by atoms with E-state index < -0.39 is 10.0 Å². The summed E-state index contributed by atoms with van der Waals surface area (Å²) in [6.07, 6.45) is 1.32. The zero-order valence-corrected chi connectivity index (χ0v) is 15.9. The van der Waals surface area contributed by atoms with E-state index in [2.05, 4.69) is 14.8 Å². The number of sulfonamides is 1. The van der Waals surface area contributed by atoms with Gasteiger partial charge in [-0.05, 0) is 12.1 Å². The second kappa shape index (κ2) is 7.88. The lowest BCUT2D eigenvalue weighted by Gasteiger charge is -2.34. The van der Waals surface area contributed by atoms with Crippen molar-refractivity contribution in [3.05, 3.63) is 35.5 Å². The maximum Gasteiger partial charge on any atom is 0.249 e. The van der Waals surface area contributed by atoms with Gasteiger partial charge < -0.3 is 9.64 Å². The lowest BCUT2D eigenvalue weighted by molar-refractivity contribution is 0.200. The van der Waals surface area contributed by atoms with Crippen molar-refractivity contribution in [2.24, 2.45) is 5.14 Å². The van der Waals surface area contributed by atoms with Crippen molar-refractivity contribution in [3.63, 3.8) is 0 Å². The maximum atomic E-state index is 11.3. The summed E-state index contributed by atoms with van der Waals surface area (Å²) in [6, 6.07) is 7.42. The molecule has 2 heterocycles. The summed E-state index contributed by atoms with van der Waals surface area (Å²) < 4.78 is 28.5. The fraction of sp³-hybridized carbons (Fsp3) is 0.400. The number of nitrogens with zero attached hydrogens (tertiary/aromatic N) is 3. The smallest absolute Gasteiger partial charge is 0.249 e. The standard InChI is InChI=1S/C15H19ClN4O3S2/c16-12-3-1-2-4-13(12)23-10-9-19-5-7-20(8-6-19)15-18-11-14(24-15)25(17,21)22/h1-4,11H,5-10H2,(H2,17,21,22). The molecule has 0 amide bonds. The van der Waals surface area contributed by atoms with E-state index >= 15 is 0 Å². The molecule has 10 heteroatoms. The summed E-state index contributed by atoms with van der Waals surface area (Å²) in [5.74, 6) is 0.695. The molecule has 7 nitrogen and oxygen atoms in total. The number of ether oxygens (including phenoxy) is 1. The molecule has 1 aromatic heterocycles. The number of hydrogen-bond acceptors (Lipinski definition) is 7. The van der Waals surface area contributed by atoms with Crippen LogP contribution in [0.5, 0.6) is 5.75 Å². The highest BCUT2D eigenvalue weighted by Gasteiger charge is 2.21. The van der Waals surface area contributed by atoms with E-state index in [1.54, 1.807) is 6.07 Å². The molecule has 1 saturated heterocycles. The van der Waals surface area contributed by atoms with E-state index in [0.717, 1.165) is 44.1 Å². The van der Waals surface area contributed by atoms with Crippen LogP contribution in [0.3, 0.4) is 0 Å². The number of thiazole rings is 1. The van der Waals surface area contributed by atoms with Crippen molar-refractivity contribution in [2.45, 2.75) is 4.21 Å². The number of hydrogen-bond donors (Lipinski definition) is 1. The summed E-state index contributed by atoms with van der Waals surface area (Å²) in [5, 5.41) is 6.43. The fourth-order valence-corrected chi connectivity index (χ4v) is 4.32. The van der Waals surface area contributed by atoms with Crippen molar-refractivity contribution in [1.82, 2.24) is 9.88 Å². The molecule has 2 aromatic rings. The van der Waals surface area contributed by atoms with Gasteiger partial charge in [-0.2, -0.15) is 0 Å². The van der Waals surface area contributed by atoms with Gasteiger partial charge in [0.2, 0.25) is 10.0 Å². The predicted molar refractivity (Wildman–Crippen MR) is 99.1 cm³/mol. The molecule has 1 fully saturated rings. The van der Waals surface area contributed by atoms with Gasteiger partial charge in [-0.1, -0.05) is 35.1 Å². The van der Waals surface area contributed by atoms with E-state index in [0.29, 0.717) is 22.5 Å². The number of nitrogens with two attached hydrogens (primary N) is 1. The summed E-state index contributed by atoms with van der Waals surface area (Å²) in [6.45, 7) is 4.65. The number of primary sulfonamides is 1. The molecule has 1 aliphatic heterocycles. The van der Waals surface area contributed by atoms with Gasteiger partial charge in [0.05, 0.1) is 11.2 Å². The summed E-state index contributed by atoms with van der Waals surface area (Å²) in [7, 11) is -3.68. The van der Waals surface area contributed by atoms with Gasteiger partial charge in [-0.25, -0.2) is 18.5 Å². The molecule has 0 bridgehead atoms. The SMILES string of the molecule is NS(=O)(=O)c1cnc(N2CCN(CCOc3ccccc3Cl)CC2)s1. The quantitative estimate of drug-likeness (QED) is 0.790. The van der Waals surface area contributed by atoms with Crippen LogP contribution < -0.4 is 14.8 Å². The van der Waals surface area contributed by atoms with Gasteiger partial charge in [0.25, 0.3) is 0 Å². The molecule has 1 aromatic carbocycles. The highest BCUT2D eigenvalue weighted by atomic mass is 35.5. The van der Waals surface area contributed by atoms with E-state index in [9.17, 15) is 8.42 Å². The van der Waals surface area contributed by atoms with Crippen LogP contribution in [0.4, 0.5) is 5.13 Å². The van der Waals surface area contributed by atoms with E-state index in [1.165, 1.54) is 6.20 Å². The van der Waals surface area contributed by atoms with Gasteiger partial charge >= 0.3 is 0 Å². The molecular formula is C15H19ClN4O3S2. The number of piperazine rings is 1. The first-order valence-electron chi connectivity index (χ1n) is 7.77. The molecule has 2 N–H and O–H groups in total. The largest absolute Gasteiger partial charge is 0.491 e. The molecule has 0 spiro atoms. The number of benzene rings is 1. The number of para-hydroxylation sites is 1. The van der Waals surface area contributed by atoms with Crippen molar-refractivity contribution in [3.8, 4) is 5.75 Å². The zero-order chi connectivity index (χ0) is 17.9. The summed E-state index contributed by atoms with van der Waals surface area (Å²) in [5.41, 5.74) is 0. The Morgan fingerprint density at radius 2 is 1.96 bits per heavy atom. The Labute approximate surface area is 156 Å². The Morgan fingerprint density at radius 3 is 2.60 bits per heavy atom. The molecule has 0 atom stereocenters. The first kappa shape index (κ1) is 18.4. The molecule has 3 rings (SSSR count). The highest BCUT2D eigenvalue weighted by Crippen LogP contribution is 2.26. The third-order valence-electron chi connectivity index (χ3n) is 3.90. The molecule has 0 unspecified atom stereocenters. The minimum Gasteiger partial charge on any atom is -0.491 e. The topological polar surface area (TPSA) is 88.8 Å². The van der Waals surface area contributed by atoms with E-state index in [1.807, 2.05) is 18.2 Å². The molecule has 0 aliphatic carbocycles. The Morgan fingerprint density at radius 1 is 1.24 bits per heavy atom. The van der Waals surface area contributed by atoms with Crippen LogP contribution >= 0.6 is 22.9 Å². The number of anilines is 1. The first-order chi connectivity index (χ1) is 11.9. The normalized spacial score (nSPS) is 16.2. The molecular weight excluding hydrogens is 384 g/mol. The Bertz CT molecular complexity index is 820. The lowest BCUT2D eigenvalue weighted by atomic mass is 10.3. The molecule has 0 radical (unpaired) electrons. The monoisotopic (exact) mass is 402 g/mol. The van der Waals surface area contributed by atoms with Gasteiger partial charge in [-0.3, -0.25) is 4.90 Å². The summed E-state index contributed by atoms with van der Waals surface area (Å²) >= 11 is 7.17. The Kier molecular flexibility index (Phi) is 5.80. The average molecular weight is 403 g/mol. The Hall–Kier alpha value is -1.39. The van der Waals surface area contributed by atoms with E-state index in [4.69, 9.17) is 21.5 Å². The molecule has 25 heavy (non-hydrogen) atoms. The van der Waals surface area contributed by atoms with Gasteiger partial charge in [0.1, 0.15) is 12.4 Å². The zero-order valence-electron chi connectivity index (χ0n) is 13.5. The number of rotatable bonds is 6. The van der Waals surface area contributed by atoms with Gasteiger partial charge in [0.15, 0.2) is 9.34 Å². The lowest BCUT2D eigenvalue weighted by Crippen LogP contribution is -2.47. The van der Waals surface area contributed by atoms with Crippen LogP contribution in [0, 0.1) is 0 Å². The van der Waals surface area contributed by atoms with Gasteiger partial charge in [0, 0.05) is 32.7 Å². The summed E-state index contributed by atoms with van der Waals surface area (Å²) in [4.78, 5) is 8.54. The van der Waals surface area contributed by atoms with Crippen molar-refractivity contribution in [2.75, 3.05) is 44.2 Å². The predicted octanol–water partition coefficient (Wildman–Crippen LogP) is 1.64. The Balaban J connectivity index is 1.46. The second-order valence-corrected chi connectivity index (χ2v) is 8.82. The average Bonchev–Trinajstić information content (AvgIpc) is 3.08. The molecule has 1 aliphatic rings. The van der Waals surface area contributed by atoms with Crippen molar-refractivity contribution >= 4 is 38.1 Å². The minimum atomic E-state index is -3.68. The third-order valence-corrected chi connectivity index (χ3v) is 6.68. The van der Waals surface area contributed by atoms with E-state index in [-0.39, 0.29) is 4.21 Å². The second-order valence-electron chi connectivity index (χ2n) is 5.61. The number of halogens is 1. The van der Waals surface area contributed by atoms with Gasteiger partial charge in [-0.15, -0.1) is 0 Å². The van der Waals surface area contributed by atoms with Crippen molar-refractivity contribution in [1.29, 1.82) is 0 Å². The fourth-order valence-electron chi connectivity index (χ4n) is 2.54.